The van der Waals surface area contributed by atoms with Crippen molar-refractivity contribution in [1.82, 2.24) is 9.27 Å². The molecule has 0 saturated carbocycles. The van der Waals surface area contributed by atoms with E-state index in [0.29, 0.717) is 25.6 Å². The van der Waals surface area contributed by atoms with Gasteiger partial charge in [-0.25, -0.2) is 4.79 Å². The number of carbonyl (C=O) groups excluding carboxylic acids is 1. The minimum atomic E-state index is -0.292. The van der Waals surface area contributed by atoms with Crippen molar-refractivity contribution in [3.63, 3.8) is 0 Å². The minimum Gasteiger partial charge on any atom is -0.477 e. The molecule has 0 saturated heterocycles. The molecule has 1 aliphatic rings. The fraction of sp³-hybridized carbons (Fsp3) is 0.600. The molecule has 16 heavy (non-hydrogen) atoms. The highest BCUT2D eigenvalue weighted by Gasteiger charge is 2.26. The maximum Gasteiger partial charge on any atom is 0.409 e. The number of hydrogen-bond acceptors (Lipinski definition) is 5. The van der Waals surface area contributed by atoms with E-state index in [2.05, 4.69) is 4.37 Å². The third-order valence-corrected chi connectivity index (χ3v) is 3.43. The largest absolute Gasteiger partial charge is 0.477 e. The van der Waals surface area contributed by atoms with Gasteiger partial charge in [0.15, 0.2) is 0 Å². The molecular weight excluding hydrogens is 228 g/mol. The molecule has 5 nitrogen and oxygen atoms in total. The number of amides is 1. The Morgan fingerprint density at radius 3 is 3.12 bits per heavy atom. The molecule has 0 fully saturated rings. The predicted molar refractivity (Wildman–Crippen MR) is 59.8 cm³/mol. The van der Waals surface area contributed by atoms with Crippen molar-refractivity contribution in [3.8, 4) is 5.88 Å². The van der Waals surface area contributed by atoms with Gasteiger partial charge < -0.3 is 14.4 Å². The lowest BCUT2D eigenvalue weighted by Crippen LogP contribution is -2.35. The van der Waals surface area contributed by atoms with Gasteiger partial charge in [-0.15, -0.1) is 0 Å². The third kappa shape index (κ3) is 1.97. The first-order valence-electron chi connectivity index (χ1n) is 5.19. The van der Waals surface area contributed by atoms with E-state index in [1.54, 1.807) is 4.90 Å². The van der Waals surface area contributed by atoms with E-state index in [9.17, 15) is 4.79 Å². The van der Waals surface area contributed by atoms with E-state index < -0.39 is 0 Å². The number of ether oxygens (including phenoxy) is 2. The van der Waals surface area contributed by atoms with E-state index in [1.165, 1.54) is 23.5 Å². The molecule has 0 aromatic carbocycles. The van der Waals surface area contributed by atoms with Crippen LogP contribution in [0, 0.1) is 0 Å². The molecule has 0 N–H and O–H groups in total. The van der Waals surface area contributed by atoms with Crippen LogP contribution in [0.4, 0.5) is 4.79 Å². The van der Waals surface area contributed by atoms with Crippen molar-refractivity contribution >= 4 is 17.6 Å². The van der Waals surface area contributed by atoms with Gasteiger partial charge in [0.25, 0.3) is 0 Å². The molecule has 2 heterocycles. The summed E-state index contributed by atoms with van der Waals surface area (Å²) in [6.07, 6.45) is 0.536. The quantitative estimate of drug-likeness (QED) is 0.791. The topological polar surface area (TPSA) is 51.7 Å². The Morgan fingerprint density at radius 2 is 2.44 bits per heavy atom. The van der Waals surface area contributed by atoms with Gasteiger partial charge in [0.2, 0.25) is 5.88 Å². The van der Waals surface area contributed by atoms with Crippen LogP contribution in [0.1, 0.15) is 17.4 Å². The summed E-state index contributed by atoms with van der Waals surface area (Å²) in [7, 11) is 1.40. The van der Waals surface area contributed by atoms with Crippen molar-refractivity contribution in [1.29, 1.82) is 0 Å². The molecule has 1 aromatic rings. The van der Waals surface area contributed by atoms with E-state index in [4.69, 9.17) is 9.47 Å². The average Bonchev–Trinajstić information content (AvgIpc) is 2.71. The van der Waals surface area contributed by atoms with Crippen LogP contribution in [0.5, 0.6) is 5.88 Å². The monoisotopic (exact) mass is 242 g/mol. The third-order valence-electron chi connectivity index (χ3n) is 2.51. The number of hydrogen-bond donors (Lipinski definition) is 0. The van der Waals surface area contributed by atoms with Crippen LogP contribution in [-0.2, 0) is 17.7 Å². The summed E-state index contributed by atoms with van der Waals surface area (Å²) in [6.45, 7) is 3.74. The smallest absolute Gasteiger partial charge is 0.409 e. The molecule has 0 radical (unpaired) electrons. The van der Waals surface area contributed by atoms with Gasteiger partial charge in [0.05, 0.1) is 20.3 Å². The summed E-state index contributed by atoms with van der Waals surface area (Å²) < 4.78 is 14.4. The van der Waals surface area contributed by atoms with Crippen molar-refractivity contribution < 1.29 is 14.3 Å². The zero-order valence-corrected chi connectivity index (χ0v) is 10.2. The molecule has 0 bridgehead atoms. The van der Waals surface area contributed by atoms with Gasteiger partial charge in [0, 0.05) is 23.4 Å². The lowest BCUT2D eigenvalue weighted by molar-refractivity contribution is 0.118. The minimum absolute atomic E-state index is 0.292. The summed E-state index contributed by atoms with van der Waals surface area (Å²) in [5.41, 5.74) is 1.03. The summed E-state index contributed by atoms with van der Waals surface area (Å²) in [6, 6.07) is 0. The molecule has 1 aliphatic heterocycles. The van der Waals surface area contributed by atoms with E-state index in [1.807, 2.05) is 6.92 Å². The highest BCUT2D eigenvalue weighted by atomic mass is 32.1. The molecule has 0 atom stereocenters. The average molecular weight is 242 g/mol. The first-order valence-corrected chi connectivity index (χ1v) is 5.96. The highest BCUT2D eigenvalue weighted by Crippen LogP contribution is 2.31. The van der Waals surface area contributed by atoms with Gasteiger partial charge in [-0.1, -0.05) is 0 Å². The Morgan fingerprint density at radius 1 is 1.62 bits per heavy atom. The Balaban J connectivity index is 2.17. The molecule has 0 unspecified atom stereocenters. The molecule has 1 aromatic heterocycles. The van der Waals surface area contributed by atoms with Crippen LogP contribution >= 0.6 is 11.5 Å². The summed E-state index contributed by atoms with van der Waals surface area (Å²) in [5, 5.41) is 0. The number of methoxy groups -OCH3 is 1. The maximum atomic E-state index is 11.4. The fourth-order valence-electron chi connectivity index (χ4n) is 1.72. The predicted octanol–water partition coefficient (Wildman–Crippen LogP) is 1.67. The second kappa shape index (κ2) is 4.69. The van der Waals surface area contributed by atoms with Crippen LogP contribution in [0.3, 0.4) is 0 Å². The van der Waals surface area contributed by atoms with Crippen molar-refractivity contribution in [2.75, 3.05) is 20.3 Å². The lowest BCUT2D eigenvalue weighted by atomic mass is 10.1. The molecule has 2 rings (SSSR count). The molecule has 6 heteroatoms. The van der Waals surface area contributed by atoms with Crippen molar-refractivity contribution in [2.45, 2.75) is 19.9 Å². The van der Waals surface area contributed by atoms with Gasteiger partial charge in [-0.05, 0) is 18.5 Å². The Bertz CT molecular complexity index is 391. The van der Waals surface area contributed by atoms with Crippen LogP contribution in [-0.4, -0.2) is 35.6 Å². The Hall–Kier alpha value is -1.30. The van der Waals surface area contributed by atoms with Gasteiger partial charge in [-0.2, -0.15) is 4.37 Å². The van der Waals surface area contributed by atoms with Gasteiger partial charge in [0.1, 0.15) is 0 Å². The normalized spacial score (nSPS) is 14.5. The zero-order valence-electron chi connectivity index (χ0n) is 9.36. The molecule has 88 valence electrons. The van der Waals surface area contributed by atoms with E-state index in [0.717, 1.165) is 12.0 Å². The van der Waals surface area contributed by atoms with E-state index >= 15 is 0 Å². The molecular formula is C10H14N2O3S. The van der Waals surface area contributed by atoms with Crippen LogP contribution in [0.25, 0.3) is 0 Å². The number of aromatic nitrogens is 1. The zero-order chi connectivity index (χ0) is 11.5. The summed E-state index contributed by atoms with van der Waals surface area (Å²) in [4.78, 5) is 14.3. The van der Waals surface area contributed by atoms with Crippen molar-refractivity contribution in [3.05, 3.63) is 10.4 Å². The van der Waals surface area contributed by atoms with Crippen LogP contribution < -0.4 is 4.74 Å². The van der Waals surface area contributed by atoms with Crippen LogP contribution in [0.15, 0.2) is 0 Å². The maximum absolute atomic E-state index is 11.4. The summed E-state index contributed by atoms with van der Waals surface area (Å²) >= 11 is 1.46. The number of rotatable bonds is 2. The Labute approximate surface area is 98.1 Å². The van der Waals surface area contributed by atoms with Gasteiger partial charge in [-0.3, -0.25) is 0 Å². The van der Waals surface area contributed by atoms with Crippen LogP contribution in [0.2, 0.25) is 0 Å². The Kier molecular flexibility index (Phi) is 3.28. The molecule has 0 aliphatic carbocycles. The van der Waals surface area contributed by atoms with E-state index in [-0.39, 0.29) is 6.09 Å². The number of nitrogens with zero attached hydrogens (tertiary/aromatic N) is 2. The lowest BCUT2D eigenvalue weighted by Gasteiger charge is -2.25. The first-order chi connectivity index (χ1) is 7.76. The van der Waals surface area contributed by atoms with Crippen molar-refractivity contribution in [2.24, 2.45) is 0 Å². The standard InChI is InChI=1S/C10H14N2O3S/c1-3-15-9-7-6-12(10(13)14-2)5-4-8(7)16-11-9/h3-6H2,1-2H3. The number of fused-ring (bicyclic) bond motifs is 1. The van der Waals surface area contributed by atoms with Gasteiger partial charge >= 0.3 is 6.09 Å². The highest BCUT2D eigenvalue weighted by molar-refractivity contribution is 7.06. The fourth-order valence-corrected chi connectivity index (χ4v) is 2.52. The molecule has 1 amide bonds. The SMILES string of the molecule is CCOc1nsc2c1CN(C(=O)OC)CC2. The second-order valence-electron chi connectivity index (χ2n) is 3.46. The number of carbonyl (C=O) groups is 1. The summed E-state index contributed by atoms with van der Waals surface area (Å²) in [5.74, 6) is 0.663. The molecule has 0 spiro atoms. The first kappa shape index (κ1) is 11.2. The second-order valence-corrected chi connectivity index (χ2v) is 4.32.